The fraction of sp³-hybridized carbons (Fsp3) is 0.429. The highest BCUT2D eigenvalue weighted by atomic mass is 14.9. The monoisotopic (exact) mass is 124 g/mol. The van der Waals surface area contributed by atoms with Crippen molar-refractivity contribution < 1.29 is 0 Å². The first kappa shape index (κ1) is 6.36. The van der Waals surface area contributed by atoms with Crippen LogP contribution in [-0.2, 0) is 7.05 Å². The summed E-state index contributed by atoms with van der Waals surface area (Å²) in [6, 6.07) is 2.19. The Balaban J connectivity index is 2.85. The van der Waals surface area contributed by atoms with E-state index >= 15 is 0 Å². The third kappa shape index (κ3) is 1.33. The van der Waals surface area contributed by atoms with Gasteiger partial charge in [-0.3, -0.25) is 0 Å². The lowest BCUT2D eigenvalue weighted by molar-refractivity contribution is 0.809. The Labute approximate surface area is 55.3 Å². The zero-order valence-corrected chi connectivity index (χ0v) is 5.83. The molecule has 0 aliphatic carbocycles. The molecule has 1 aromatic rings. The van der Waals surface area contributed by atoms with Crippen LogP contribution in [0.25, 0.3) is 0 Å². The largest absolute Gasteiger partial charge is 0.357 e. The van der Waals surface area contributed by atoms with Crippen molar-refractivity contribution >= 4 is 0 Å². The van der Waals surface area contributed by atoms with E-state index < -0.39 is 0 Å². The highest BCUT2D eigenvalue weighted by Crippen LogP contribution is 2.07. The van der Waals surface area contributed by atoms with Gasteiger partial charge in [0.25, 0.3) is 0 Å². The molecule has 50 valence electrons. The summed E-state index contributed by atoms with van der Waals surface area (Å²) in [5.74, 6) is 0. The molecule has 1 heterocycles. The molecule has 1 atom stereocenters. The third-order valence-electron chi connectivity index (χ3n) is 1.38. The van der Waals surface area contributed by atoms with E-state index in [9.17, 15) is 0 Å². The van der Waals surface area contributed by atoms with Crippen LogP contribution in [0, 0.1) is 0 Å². The van der Waals surface area contributed by atoms with Crippen LogP contribution >= 0.6 is 0 Å². The van der Waals surface area contributed by atoms with Gasteiger partial charge in [0.05, 0.1) is 0 Å². The van der Waals surface area contributed by atoms with Gasteiger partial charge in [-0.15, -0.1) is 0 Å². The first-order valence-electron chi connectivity index (χ1n) is 3.07. The fourth-order valence-corrected chi connectivity index (χ4v) is 0.794. The lowest BCUT2D eigenvalue weighted by Crippen LogP contribution is -2.03. The SMILES string of the molecule is C[C@@H](N)c1ccn(C)c1. The smallest absolute Gasteiger partial charge is 0.0281 e. The number of aromatic nitrogens is 1. The molecule has 1 aromatic heterocycles. The van der Waals surface area contributed by atoms with E-state index in [-0.39, 0.29) is 6.04 Å². The average molecular weight is 124 g/mol. The zero-order chi connectivity index (χ0) is 6.85. The number of rotatable bonds is 1. The standard InChI is InChI=1S/C7H12N2/c1-6(8)7-3-4-9(2)5-7/h3-6H,8H2,1-2H3/t6-/m1/s1. The minimum absolute atomic E-state index is 0.159. The maximum atomic E-state index is 5.61. The Bertz CT molecular complexity index is 189. The molecule has 0 saturated heterocycles. The third-order valence-corrected chi connectivity index (χ3v) is 1.38. The lowest BCUT2D eigenvalue weighted by Gasteiger charge is -1.97. The van der Waals surface area contributed by atoms with Crippen molar-refractivity contribution in [3.63, 3.8) is 0 Å². The summed E-state index contributed by atoms with van der Waals surface area (Å²) in [5.41, 5.74) is 6.81. The molecule has 0 aliphatic rings. The van der Waals surface area contributed by atoms with E-state index in [0.29, 0.717) is 0 Å². The lowest BCUT2D eigenvalue weighted by atomic mass is 10.2. The quantitative estimate of drug-likeness (QED) is 0.596. The summed E-state index contributed by atoms with van der Waals surface area (Å²) in [4.78, 5) is 0. The van der Waals surface area contributed by atoms with Crippen LogP contribution in [0.2, 0.25) is 0 Å². The normalized spacial score (nSPS) is 13.7. The van der Waals surface area contributed by atoms with Crippen LogP contribution in [0.15, 0.2) is 18.5 Å². The second-order valence-corrected chi connectivity index (χ2v) is 2.40. The van der Waals surface area contributed by atoms with E-state index in [4.69, 9.17) is 5.73 Å². The van der Waals surface area contributed by atoms with Crippen molar-refractivity contribution in [2.45, 2.75) is 13.0 Å². The van der Waals surface area contributed by atoms with Gasteiger partial charge >= 0.3 is 0 Å². The van der Waals surface area contributed by atoms with Crippen molar-refractivity contribution in [3.8, 4) is 0 Å². The number of hydrogen-bond donors (Lipinski definition) is 1. The highest BCUT2D eigenvalue weighted by molar-refractivity contribution is 5.13. The van der Waals surface area contributed by atoms with Gasteiger partial charge in [-0.2, -0.15) is 0 Å². The van der Waals surface area contributed by atoms with Gasteiger partial charge in [0.1, 0.15) is 0 Å². The van der Waals surface area contributed by atoms with Crippen LogP contribution in [0.5, 0.6) is 0 Å². The van der Waals surface area contributed by atoms with Crippen molar-refractivity contribution in [2.75, 3.05) is 0 Å². The first-order valence-corrected chi connectivity index (χ1v) is 3.07. The molecular formula is C7H12N2. The Kier molecular flexibility index (Phi) is 1.58. The van der Waals surface area contributed by atoms with E-state index in [1.54, 1.807) is 0 Å². The van der Waals surface area contributed by atoms with Crippen LogP contribution in [-0.4, -0.2) is 4.57 Å². The summed E-state index contributed by atoms with van der Waals surface area (Å²) in [6.07, 6.45) is 4.03. The second kappa shape index (κ2) is 2.23. The molecule has 0 aliphatic heterocycles. The molecule has 0 unspecified atom stereocenters. The van der Waals surface area contributed by atoms with Gasteiger partial charge in [0, 0.05) is 25.5 Å². The number of nitrogens with zero attached hydrogens (tertiary/aromatic N) is 1. The Morgan fingerprint density at radius 3 is 2.56 bits per heavy atom. The van der Waals surface area contributed by atoms with E-state index in [1.165, 1.54) is 5.56 Å². The molecule has 0 fully saturated rings. The molecule has 0 spiro atoms. The van der Waals surface area contributed by atoms with Gasteiger partial charge in [0.2, 0.25) is 0 Å². The summed E-state index contributed by atoms with van der Waals surface area (Å²) >= 11 is 0. The molecular weight excluding hydrogens is 112 g/mol. The maximum absolute atomic E-state index is 5.61. The van der Waals surface area contributed by atoms with Gasteiger partial charge in [-0.25, -0.2) is 0 Å². The summed E-state index contributed by atoms with van der Waals surface area (Å²) in [5, 5.41) is 0. The van der Waals surface area contributed by atoms with Gasteiger partial charge < -0.3 is 10.3 Å². The van der Waals surface area contributed by atoms with E-state index in [2.05, 4.69) is 0 Å². The minimum Gasteiger partial charge on any atom is -0.357 e. The fourth-order valence-electron chi connectivity index (χ4n) is 0.794. The summed E-state index contributed by atoms with van der Waals surface area (Å²) in [6.45, 7) is 1.98. The summed E-state index contributed by atoms with van der Waals surface area (Å²) < 4.78 is 2.00. The second-order valence-electron chi connectivity index (χ2n) is 2.40. The molecule has 0 radical (unpaired) electrons. The van der Waals surface area contributed by atoms with Gasteiger partial charge in [-0.05, 0) is 18.6 Å². The Morgan fingerprint density at radius 2 is 2.33 bits per heavy atom. The number of hydrogen-bond acceptors (Lipinski definition) is 1. The molecule has 9 heavy (non-hydrogen) atoms. The minimum atomic E-state index is 0.159. The molecule has 1 rings (SSSR count). The summed E-state index contributed by atoms with van der Waals surface area (Å²) in [7, 11) is 1.99. The number of aryl methyl sites for hydroxylation is 1. The van der Waals surface area contributed by atoms with Crippen molar-refractivity contribution in [2.24, 2.45) is 12.8 Å². The van der Waals surface area contributed by atoms with Crippen LogP contribution in [0.3, 0.4) is 0 Å². The van der Waals surface area contributed by atoms with Crippen LogP contribution < -0.4 is 5.73 Å². The topological polar surface area (TPSA) is 30.9 Å². The average Bonchev–Trinajstić information content (AvgIpc) is 2.14. The van der Waals surface area contributed by atoms with Crippen LogP contribution in [0.1, 0.15) is 18.5 Å². The molecule has 0 bridgehead atoms. The first-order chi connectivity index (χ1) is 4.20. The maximum Gasteiger partial charge on any atom is 0.0281 e. The van der Waals surface area contributed by atoms with Crippen molar-refractivity contribution in [1.82, 2.24) is 4.57 Å². The molecule has 0 saturated carbocycles. The van der Waals surface area contributed by atoms with Crippen LogP contribution in [0.4, 0.5) is 0 Å². The van der Waals surface area contributed by atoms with Crippen molar-refractivity contribution in [3.05, 3.63) is 24.0 Å². The van der Waals surface area contributed by atoms with E-state index in [0.717, 1.165) is 0 Å². The predicted octanol–water partition coefficient (Wildman–Crippen LogP) is 1.04. The predicted molar refractivity (Wildman–Crippen MR) is 38.0 cm³/mol. The molecule has 0 amide bonds. The highest BCUT2D eigenvalue weighted by Gasteiger charge is 1.97. The van der Waals surface area contributed by atoms with Crippen molar-refractivity contribution in [1.29, 1.82) is 0 Å². The molecule has 2 N–H and O–H groups in total. The van der Waals surface area contributed by atoms with E-state index in [1.807, 2.05) is 37.0 Å². The molecule has 2 heteroatoms. The molecule has 0 aromatic carbocycles. The Hall–Kier alpha value is -0.760. The zero-order valence-electron chi connectivity index (χ0n) is 5.83. The number of nitrogens with two attached hydrogens (primary N) is 1. The molecule has 2 nitrogen and oxygen atoms in total. The van der Waals surface area contributed by atoms with Gasteiger partial charge in [-0.1, -0.05) is 0 Å². The Morgan fingerprint density at radius 1 is 1.67 bits per heavy atom. The van der Waals surface area contributed by atoms with Gasteiger partial charge in [0.15, 0.2) is 0 Å².